The maximum absolute atomic E-state index is 13.1. The summed E-state index contributed by atoms with van der Waals surface area (Å²) in [7, 11) is 0. The van der Waals surface area contributed by atoms with Crippen molar-refractivity contribution in [2.24, 2.45) is 11.8 Å². The van der Waals surface area contributed by atoms with Crippen molar-refractivity contribution in [1.82, 2.24) is 9.88 Å². The number of benzene rings is 1. The van der Waals surface area contributed by atoms with Crippen molar-refractivity contribution in [3.63, 3.8) is 0 Å². The van der Waals surface area contributed by atoms with Gasteiger partial charge in [-0.3, -0.25) is 9.59 Å². The zero-order valence-corrected chi connectivity index (χ0v) is 13.4. The number of carboxylic acid groups (broad SMARTS) is 1. The van der Waals surface area contributed by atoms with Crippen LogP contribution in [0.2, 0.25) is 0 Å². The molecule has 0 spiro atoms. The number of aryl methyl sites for hydroxylation is 1. The average molecular weight is 354 g/mol. The molecule has 1 aliphatic rings. The van der Waals surface area contributed by atoms with Gasteiger partial charge in [0.05, 0.1) is 18.3 Å². The van der Waals surface area contributed by atoms with E-state index < -0.39 is 43.0 Å². The molecule has 2 heterocycles. The Bertz CT molecular complexity index is 828. The number of carbonyl (C=O) groups excluding carboxylic acids is 1. The number of fused-ring (bicyclic) bond motifs is 1. The number of likely N-dealkylation sites (tertiary alicyclic amines) is 1. The van der Waals surface area contributed by atoms with Gasteiger partial charge in [-0.25, -0.2) is 0 Å². The zero-order chi connectivity index (χ0) is 18.4. The van der Waals surface area contributed by atoms with Gasteiger partial charge in [0.25, 0.3) is 0 Å². The number of hydrogen-bond acceptors (Lipinski definition) is 2. The lowest BCUT2D eigenvalue weighted by Gasteiger charge is -2.18. The van der Waals surface area contributed by atoms with Gasteiger partial charge in [0, 0.05) is 29.7 Å². The summed E-state index contributed by atoms with van der Waals surface area (Å²) < 4.78 is 39.2. The summed E-state index contributed by atoms with van der Waals surface area (Å²) in [5.74, 6) is -5.67. The molecular formula is C17H17F3N2O3. The van der Waals surface area contributed by atoms with E-state index in [1.807, 2.05) is 24.3 Å². The first-order valence-corrected chi connectivity index (χ1v) is 7.82. The van der Waals surface area contributed by atoms with Crippen molar-refractivity contribution in [3.8, 4) is 0 Å². The maximum atomic E-state index is 13.1. The summed E-state index contributed by atoms with van der Waals surface area (Å²) in [6, 6.07) is 7.35. The smallest absolute Gasteiger partial charge is 0.394 e. The molecule has 1 aromatic heterocycles. The Morgan fingerprint density at radius 3 is 2.56 bits per heavy atom. The topological polar surface area (TPSA) is 73.4 Å². The number of carbonyl (C=O) groups is 2. The molecule has 0 radical (unpaired) electrons. The van der Waals surface area contributed by atoms with Crippen molar-refractivity contribution < 1.29 is 27.9 Å². The summed E-state index contributed by atoms with van der Waals surface area (Å²) >= 11 is 0. The van der Waals surface area contributed by atoms with Crippen LogP contribution in [0.25, 0.3) is 10.9 Å². The minimum absolute atomic E-state index is 0.0627. The zero-order valence-electron chi connectivity index (χ0n) is 13.4. The van der Waals surface area contributed by atoms with Gasteiger partial charge in [-0.05, 0) is 18.6 Å². The predicted octanol–water partition coefficient (Wildman–Crippen LogP) is 2.74. The standard InChI is InChI=1S/C17H17F3N2O3/c1-9-11(10-4-2-3-5-14(10)21-9)6-15(23)22-7-12(16(24)25)13(8-22)17(18,19)20/h2-5,12-13,21H,6-8H2,1H3,(H,24,25)/t12-,13-/m1/s1. The summed E-state index contributed by atoms with van der Waals surface area (Å²) in [6.07, 6.45) is -4.71. The lowest BCUT2D eigenvalue weighted by Crippen LogP contribution is -2.34. The highest BCUT2D eigenvalue weighted by atomic mass is 19.4. The van der Waals surface area contributed by atoms with E-state index in [1.54, 1.807) is 6.92 Å². The molecule has 1 aromatic carbocycles. The van der Waals surface area contributed by atoms with Gasteiger partial charge in [0.1, 0.15) is 0 Å². The second-order valence-corrected chi connectivity index (χ2v) is 6.34. The first-order valence-electron chi connectivity index (χ1n) is 7.82. The fraction of sp³-hybridized carbons (Fsp3) is 0.412. The van der Waals surface area contributed by atoms with Gasteiger partial charge in [0.2, 0.25) is 5.91 Å². The SMILES string of the molecule is Cc1[nH]c2ccccc2c1CC(=O)N1C[C@@H](C(F)(F)F)[C@H](C(=O)O)C1. The number of aromatic nitrogens is 1. The van der Waals surface area contributed by atoms with Crippen LogP contribution in [0.5, 0.6) is 0 Å². The fourth-order valence-corrected chi connectivity index (χ4v) is 3.41. The first-order chi connectivity index (χ1) is 11.7. The van der Waals surface area contributed by atoms with E-state index in [-0.39, 0.29) is 6.42 Å². The van der Waals surface area contributed by atoms with E-state index in [2.05, 4.69) is 4.98 Å². The number of halogens is 3. The lowest BCUT2D eigenvalue weighted by atomic mass is 9.96. The normalized spacial score (nSPS) is 21.0. The van der Waals surface area contributed by atoms with Gasteiger partial charge in [-0.15, -0.1) is 0 Å². The van der Waals surface area contributed by atoms with Crippen LogP contribution < -0.4 is 0 Å². The Morgan fingerprint density at radius 1 is 1.28 bits per heavy atom. The Balaban J connectivity index is 1.82. The molecule has 134 valence electrons. The molecular weight excluding hydrogens is 337 g/mol. The van der Waals surface area contributed by atoms with Gasteiger partial charge >= 0.3 is 12.1 Å². The molecule has 0 aliphatic carbocycles. The Labute approximate surface area is 141 Å². The number of H-pyrrole nitrogens is 1. The molecule has 25 heavy (non-hydrogen) atoms. The number of para-hydroxylation sites is 1. The Morgan fingerprint density at radius 2 is 1.96 bits per heavy atom. The molecule has 2 N–H and O–H groups in total. The minimum Gasteiger partial charge on any atom is -0.481 e. The highest BCUT2D eigenvalue weighted by Gasteiger charge is 2.53. The number of carboxylic acids is 1. The highest BCUT2D eigenvalue weighted by Crippen LogP contribution is 2.38. The molecule has 1 fully saturated rings. The molecule has 0 saturated carbocycles. The molecule has 0 unspecified atom stereocenters. The molecule has 1 saturated heterocycles. The van der Waals surface area contributed by atoms with Crippen LogP contribution in [0, 0.1) is 18.8 Å². The van der Waals surface area contributed by atoms with Crippen molar-refractivity contribution in [2.45, 2.75) is 19.5 Å². The Kier molecular flexibility index (Phi) is 4.22. The van der Waals surface area contributed by atoms with Crippen LogP contribution in [0.4, 0.5) is 13.2 Å². The lowest BCUT2D eigenvalue weighted by molar-refractivity contribution is -0.188. The van der Waals surface area contributed by atoms with Crippen LogP contribution in [0.1, 0.15) is 11.3 Å². The fourth-order valence-electron chi connectivity index (χ4n) is 3.41. The summed E-state index contributed by atoms with van der Waals surface area (Å²) in [6.45, 7) is 0.769. The third kappa shape index (κ3) is 3.20. The largest absolute Gasteiger partial charge is 0.481 e. The van der Waals surface area contributed by atoms with E-state index in [0.29, 0.717) is 0 Å². The van der Waals surface area contributed by atoms with E-state index in [9.17, 15) is 22.8 Å². The number of aliphatic carboxylic acids is 1. The number of amides is 1. The third-order valence-electron chi connectivity index (χ3n) is 4.77. The number of hydrogen-bond donors (Lipinski definition) is 2. The molecule has 8 heteroatoms. The second kappa shape index (κ2) is 6.09. The third-order valence-corrected chi connectivity index (χ3v) is 4.77. The number of rotatable bonds is 3. The molecule has 2 atom stereocenters. The molecule has 0 bridgehead atoms. The van der Waals surface area contributed by atoms with Crippen LogP contribution in [-0.4, -0.2) is 46.1 Å². The first kappa shape index (κ1) is 17.3. The second-order valence-electron chi connectivity index (χ2n) is 6.34. The van der Waals surface area contributed by atoms with Crippen LogP contribution >= 0.6 is 0 Å². The highest BCUT2D eigenvalue weighted by molar-refractivity contribution is 5.90. The molecule has 2 aromatic rings. The molecule has 5 nitrogen and oxygen atoms in total. The number of nitrogens with zero attached hydrogens (tertiary/aromatic N) is 1. The van der Waals surface area contributed by atoms with Crippen molar-refractivity contribution >= 4 is 22.8 Å². The predicted molar refractivity (Wildman–Crippen MR) is 84.0 cm³/mol. The number of nitrogens with one attached hydrogen (secondary N) is 1. The van der Waals surface area contributed by atoms with E-state index in [4.69, 9.17) is 5.11 Å². The summed E-state index contributed by atoms with van der Waals surface area (Å²) in [4.78, 5) is 27.8. The van der Waals surface area contributed by atoms with Crippen LogP contribution in [-0.2, 0) is 16.0 Å². The van der Waals surface area contributed by atoms with E-state index in [0.717, 1.165) is 27.1 Å². The van der Waals surface area contributed by atoms with Crippen molar-refractivity contribution in [2.75, 3.05) is 13.1 Å². The summed E-state index contributed by atoms with van der Waals surface area (Å²) in [5, 5.41) is 9.89. The average Bonchev–Trinajstić information content (AvgIpc) is 3.10. The van der Waals surface area contributed by atoms with Crippen molar-refractivity contribution in [1.29, 1.82) is 0 Å². The van der Waals surface area contributed by atoms with Gasteiger partial charge < -0.3 is 15.0 Å². The number of alkyl halides is 3. The summed E-state index contributed by atoms with van der Waals surface area (Å²) in [5.41, 5.74) is 2.35. The van der Waals surface area contributed by atoms with E-state index in [1.165, 1.54) is 0 Å². The van der Waals surface area contributed by atoms with Crippen LogP contribution in [0.3, 0.4) is 0 Å². The molecule has 1 aliphatic heterocycles. The van der Waals surface area contributed by atoms with Gasteiger partial charge in [-0.1, -0.05) is 18.2 Å². The van der Waals surface area contributed by atoms with E-state index >= 15 is 0 Å². The monoisotopic (exact) mass is 354 g/mol. The quantitative estimate of drug-likeness (QED) is 0.890. The van der Waals surface area contributed by atoms with Crippen LogP contribution in [0.15, 0.2) is 24.3 Å². The molecule has 1 amide bonds. The Hall–Kier alpha value is -2.51. The van der Waals surface area contributed by atoms with Gasteiger partial charge in [-0.2, -0.15) is 13.2 Å². The minimum atomic E-state index is -4.64. The van der Waals surface area contributed by atoms with Gasteiger partial charge in [0.15, 0.2) is 0 Å². The maximum Gasteiger partial charge on any atom is 0.394 e. The molecule has 3 rings (SSSR count). The number of aromatic amines is 1. The van der Waals surface area contributed by atoms with Crippen molar-refractivity contribution in [3.05, 3.63) is 35.5 Å².